The van der Waals surface area contributed by atoms with E-state index in [0.717, 1.165) is 40.0 Å². The highest BCUT2D eigenvalue weighted by molar-refractivity contribution is 8.00. The number of thioether (sulfide) groups is 1. The maximum Gasteiger partial charge on any atom is 0.254 e. The molecule has 4 rings (SSSR count). The van der Waals surface area contributed by atoms with E-state index in [1.807, 2.05) is 43.1 Å². The summed E-state index contributed by atoms with van der Waals surface area (Å²) in [6, 6.07) is 16.4. The van der Waals surface area contributed by atoms with E-state index in [1.165, 1.54) is 24.1 Å². The third-order valence-corrected chi connectivity index (χ3v) is 7.58. The highest BCUT2D eigenvalue weighted by atomic mass is 32.2. The number of thiazole rings is 1. The maximum atomic E-state index is 13.3. The van der Waals surface area contributed by atoms with E-state index in [1.54, 1.807) is 23.1 Å². The van der Waals surface area contributed by atoms with Gasteiger partial charge in [0.1, 0.15) is 4.34 Å². The summed E-state index contributed by atoms with van der Waals surface area (Å²) in [5, 5.41) is 2.06. The van der Waals surface area contributed by atoms with E-state index in [0.29, 0.717) is 6.54 Å². The minimum Gasteiger partial charge on any atom is -0.371 e. The molecule has 0 saturated carbocycles. The quantitative estimate of drug-likeness (QED) is 0.450. The second-order valence-corrected chi connectivity index (χ2v) is 9.77. The highest BCUT2D eigenvalue weighted by Crippen LogP contribution is 2.29. The summed E-state index contributed by atoms with van der Waals surface area (Å²) in [6.07, 6.45) is 2.49. The molecule has 2 heterocycles. The van der Waals surface area contributed by atoms with Crippen LogP contribution in [0, 0.1) is 6.92 Å². The number of rotatable bonds is 7. The Morgan fingerprint density at radius 2 is 1.80 bits per heavy atom. The molecule has 1 aliphatic heterocycles. The average Bonchev–Trinajstić information content (AvgIpc) is 3.44. The molecule has 1 amide bonds. The van der Waals surface area contributed by atoms with Gasteiger partial charge in [-0.3, -0.25) is 4.79 Å². The Kier molecular flexibility index (Phi) is 6.75. The van der Waals surface area contributed by atoms with Crippen LogP contribution in [0.2, 0.25) is 0 Å². The SMILES string of the molecule is Cc1csc(SCc2ccccc2C(=O)N(C)Cc2ccccc2N2CCCC2)n1. The molecule has 0 spiro atoms. The number of hydrogen-bond donors (Lipinski definition) is 0. The molecule has 0 atom stereocenters. The van der Waals surface area contributed by atoms with Crippen molar-refractivity contribution in [3.05, 3.63) is 76.3 Å². The zero-order chi connectivity index (χ0) is 20.9. The van der Waals surface area contributed by atoms with Gasteiger partial charge in [0, 0.05) is 54.8 Å². The van der Waals surface area contributed by atoms with Crippen molar-refractivity contribution in [1.29, 1.82) is 0 Å². The van der Waals surface area contributed by atoms with Crippen LogP contribution in [-0.2, 0) is 12.3 Å². The summed E-state index contributed by atoms with van der Waals surface area (Å²) >= 11 is 3.35. The van der Waals surface area contributed by atoms with E-state index in [-0.39, 0.29) is 5.91 Å². The van der Waals surface area contributed by atoms with Crippen LogP contribution in [0.25, 0.3) is 0 Å². The average molecular weight is 438 g/mol. The molecule has 1 fully saturated rings. The summed E-state index contributed by atoms with van der Waals surface area (Å²) in [5.41, 5.74) is 5.35. The second-order valence-electron chi connectivity index (χ2n) is 7.68. The van der Waals surface area contributed by atoms with E-state index < -0.39 is 0 Å². The number of benzene rings is 2. The first-order valence-electron chi connectivity index (χ1n) is 10.3. The number of carbonyl (C=O) groups is 1. The lowest BCUT2D eigenvalue weighted by Crippen LogP contribution is -2.28. The van der Waals surface area contributed by atoms with Gasteiger partial charge in [-0.15, -0.1) is 11.3 Å². The van der Waals surface area contributed by atoms with Crippen molar-refractivity contribution in [2.75, 3.05) is 25.0 Å². The van der Waals surface area contributed by atoms with Gasteiger partial charge in [0.05, 0.1) is 0 Å². The van der Waals surface area contributed by atoms with E-state index in [9.17, 15) is 4.79 Å². The molecule has 0 aliphatic carbocycles. The van der Waals surface area contributed by atoms with Gasteiger partial charge in [-0.2, -0.15) is 0 Å². The number of anilines is 1. The molecule has 1 saturated heterocycles. The molecule has 3 aromatic rings. The molecule has 0 radical (unpaired) electrons. The third-order valence-electron chi connectivity index (χ3n) is 5.39. The fourth-order valence-corrected chi connectivity index (χ4v) is 5.69. The van der Waals surface area contributed by atoms with Gasteiger partial charge in [0.2, 0.25) is 0 Å². The molecule has 0 unspecified atom stereocenters. The first-order chi connectivity index (χ1) is 14.6. The number of para-hydroxylation sites is 1. The monoisotopic (exact) mass is 437 g/mol. The Hall–Kier alpha value is -2.31. The van der Waals surface area contributed by atoms with Crippen LogP contribution in [0.1, 0.15) is 40.0 Å². The molecule has 156 valence electrons. The first kappa shape index (κ1) is 20.9. The molecule has 2 aromatic carbocycles. The summed E-state index contributed by atoms with van der Waals surface area (Å²) in [6.45, 7) is 4.82. The zero-order valence-electron chi connectivity index (χ0n) is 17.5. The predicted molar refractivity (Wildman–Crippen MR) is 127 cm³/mol. The van der Waals surface area contributed by atoms with E-state index in [4.69, 9.17) is 0 Å². The topological polar surface area (TPSA) is 36.4 Å². The van der Waals surface area contributed by atoms with Crippen LogP contribution in [0.3, 0.4) is 0 Å². The van der Waals surface area contributed by atoms with Crippen molar-refractivity contribution in [1.82, 2.24) is 9.88 Å². The Bertz CT molecular complexity index is 1010. The Morgan fingerprint density at radius 3 is 2.53 bits per heavy atom. The Balaban J connectivity index is 1.48. The van der Waals surface area contributed by atoms with Crippen molar-refractivity contribution >= 4 is 34.7 Å². The Morgan fingerprint density at radius 1 is 1.10 bits per heavy atom. The van der Waals surface area contributed by atoms with Crippen LogP contribution in [0.5, 0.6) is 0 Å². The van der Waals surface area contributed by atoms with Crippen LogP contribution in [0.15, 0.2) is 58.3 Å². The van der Waals surface area contributed by atoms with Gasteiger partial charge in [-0.1, -0.05) is 48.2 Å². The fourth-order valence-electron chi connectivity index (χ4n) is 3.84. The van der Waals surface area contributed by atoms with Crippen molar-refractivity contribution in [2.45, 2.75) is 36.4 Å². The number of nitrogens with zero attached hydrogens (tertiary/aromatic N) is 3. The number of aromatic nitrogens is 1. The summed E-state index contributed by atoms with van der Waals surface area (Å²) in [7, 11) is 1.90. The Labute approximate surface area is 186 Å². The van der Waals surface area contributed by atoms with E-state index >= 15 is 0 Å². The minimum atomic E-state index is 0.0674. The number of amides is 1. The summed E-state index contributed by atoms with van der Waals surface area (Å²) in [5.74, 6) is 0.810. The van der Waals surface area contributed by atoms with Crippen molar-refractivity contribution in [3.8, 4) is 0 Å². The van der Waals surface area contributed by atoms with Gasteiger partial charge in [0.25, 0.3) is 5.91 Å². The lowest BCUT2D eigenvalue weighted by Gasteiger charge is -2.25. The molecular weight excluding hydrogens is 410 g/mol. The van der Waals surface area contributed by atoms with Crippen LogP contribution < -0.4 is 4.90 Å². The largest absolute Gasteiger partial charge is 0.371 e. The van der Waals surface area contributed by atoms with Crippen molar-refractivity contribution < 1.29 is 4.79 Å². The van der Waals surface area contributed by atoms with E-state index in [2.05, 4.69) is 39.5 Å². The molecule has 0 bridgehead atoms. The van der Waals surface area contributed by atoms with Gasteiger partial charge in [0.15, 0.2) is 0 Å². The normalized spacial score (nSPS) is 13.6. The molecule has 4 nitrogen and oxygen atoms in total. The third kappa shape index (κ3) is 4.87. The molecule has 30 heavy (non-hydrogen) atoms. The van der Waals surface area contributed by atoms with Crippen molar-refractivity contribution in [3.63, 3.8) is 0 Å². The molecule has 1 aromatic heterocycles. The second kappa shape index (κ2) is 9.67. The zero-order valence-corrected chi connectivity index (χ0v) is 19.1. The van der Waals surface area contributed by atoms with Crippen LogP contribution in [0.4, 0.5) is 5.69 Å². The molecule has 1 aliphatic rings. The lowest BCUT2D eigenvalue weighted by molar-refractivity contribution is 0.0784. The number of hydrogen-bond acceptors (Lipinski definition) is 5. The molecule has 0 N–H and O–H groups in total. The smallest absolute Gasteiger partial charge is 0.254 e. The van der Waals surface area contributed by atoms with Crippen LogP contribution >= 0.6 is 23.1 Å². The van der Waals surface area contributed by atoms with Gasteiger partial charge < -0.3 is 9.80 Å². The first-order valence-corrected chi connectivity index (χ1v) is 12.2. The predicted octanol–water partition coefficient (Wildman–Crippen LogP) is 5.62. The van der Waals surface area contributed by atoms with Gasteiger partial charge >= 0.3 is 0 Å². The van der Waals surface area contributed by atoms with Gasteiger partial charge in [-0.25, -0.2) is 4.98 Å². The summed E-state index contributed by atoms with van der Waals surface area (Å²) < 4.78 is 1.04. The van der Waals surface area contributed by atoms with Crippen LogP contribution in [-0.4, -0.2) is 35.9 Å². The number of aryl methyl sites for hydroxylation is 1. The molecule has 6 heteroatoms. The van der Waals surface area contributed by atoms with Gasteiger partial charge in [-0.05, 0) is 43.0 Å². The highest BCUT2D eigenvalue weighted by Gasteiger charge is 2.20. The lowest BCUT2D eigenvalue weighted by atomic mass is 10.1. The minimum absolute atomic E-state index is 0.0674. The standard InChI is InChI=1S/C24H27N3OS2/c1-18-16-29-24(25-18)30-17-20-10-3-5-11-21(20)23(28)26(2)15-19-9-4-6-12-22(19)27-13-7-8-14-27/h3-6,9-12,16H,7-8,13-15,17H2,1-2H3. The number of carbonyl (C=O) groups excluding carboxylic acids is 1. The van der Waals surface area contributed by atoms with Crippen molar-refractivity contribution in [2.24, 2.45) is 0 Å². The summed E-state index contributed by atoms with van der Waals surface area (Å²) in [4.78, 5) is 22.1. The fraction of sp³-hybridized carbons (Fsp3) is 0.333. The maximum absolute atomic E-state index is 13.3. The molecular formula is C24H27N3OS2.